The fourth-order valence-electron chi connectivity index (χ4n) is 1.25. The Morgan fingerprint density at radius 3 is 2.73 bits per heavy atom. The van der Waals surface area contributed by atoms with E-state index in [2.05, 4.69) is 21.1 Å². The summed E-state index contributed by atoms with van der Waals surface area (Å²) in [6.07, 6.45) is 2.04. The van der Waals surface area contributed by atoms with Crippen LogP contribution in [0.3, 0.4) is 0 Å². The number of hydrogen-bond donors (Lipinski definition) is 1. The molecule has 0 saturated carbocycles. The third-order valence-electron chi connectivity index (χ3n) is 1.98. The first kappa shape index (κ1) is 10.6. The highest BCUT2D eigenvalue weighted by Gasteiger charge is 2.06. The topological polar surface area (TPSA) is 52.0 Å². The maximum Gasteiger partial charge on any atom is 0.222 e. The van der Waals surface area contributed by atoms with E-state index >= 15 is 0 Å². The molecule has 3 nitrogen and oxygen atoms in total. The van der Waals surface area contributed by atoms with E-state index in [0.717, 1.165) is 15.7 Å². The van der Waals surface area contributed by atoms with E-state index in [1.54, 1.807) is 17.8 Å². The second-order valence-corrected chi connectivity index (χ2v) is 4.67. The van der Waals surface area contributed by atoms with Crippen LogP contribution in [0.2, 0.25) is 0 Å². The first-order valence-electron chi connectivity index (χ1n) is 4.27. The Morgan fingerprint density at radius 1 is 1.40 bits per heavy atom. The molecule has 1 aromatic heterocycles. The molecule has 0 bridgehead atoms. The largest absolute Gasteiger partial charge is 0.368 e. The molecular formula is C10H9BrN2OS. The Bertz CT molecular complexity index is 484. The number of halogens is 1. The lowest BCUT2D eigenvalue weighted by Gasteiger charge is -2.02. The minimum Gasteiger partial charge on any atom is -0.368 e. The van der Waals surface area contributed by atoms with E-state index in [0.29, 0.717) is 5.88 Å². The fourth-order valence-corrected chi connectivity index (χ4v) is 2.57. The van der Waals surface area contributed by atoms with Crippen molar-refractivity contribution in [2.75, 3.05) is 12.0 Å². The molecule has 0 saturated heterocycles. The highest BCUT2D eigenvalue weighted by atomic mass is 79.9. The molecule has 0 spiro atoms. The van der Waals surface area contributed by atoms with Crippen LogP contribution in [0.25, 0.3) is 11.3 Å². The molecule has 0 amide bonds. The summed E-state index contributed by atoms with van der Waals surface area (Å²) in [5, 5.41) is 3.85. The quantitative estimate of drug-likeness (QED) is 0.859. The van der Waals surface area contributed by atoms with E-state index in [1.807, 2.05) is 24.5 Å². The van der Waals surface area contributed by atoms with Gasteiger partial charge in [-0.1, -0.05) is 11.2 Å². The first-order chi connectivity index (χ1) is 7.20. The fraction of sp³-hybridized carbons (Fsp3) is 0.100. The molecule has 2 rings (SSSR count). The third kappa shape index (κ3) is 2.18. The Hall–Kier alpha value is -0.940. The maximum atomic E-state index is 5.47. The van der Waals surface area contributed by atoms with Crippen LogP contribution in [-0.4, -0.2) is 11.4 Å². The molecule has 15 heavy (non-hydrogen) atoms. The molecule has 2 aromatic rings. The van der Waals surface area contributed by atoms with Gasteiger partial charge in [-0.25, -0.2) is 0 Å². The predicted octanol–water partition coefficient (Wildman–Crippen LogP) is 3.41. The summed E-state index contributed by atoms with van der Waals surface area (Å²) >= 11 is 5.19. The van der Waals surface area contributed by atoms with Crippen molar-refractivity contribution in [1.82, 2.24) is 5.16 Å². The standard InChI is InChI=1S/C10H9BrN2OS/c1-15-9-3-2-6(4-7(9)11)8-5-10(12)14-13-8/h2-5H,12H2,1H3. The van der Waals surface area contributed by atoms with Crippen LogP contribution >= 0.6 is 27.7 Å². The molecule has 0 radical (unpaired) electrons. The lowest BCUT2D eigenvalue weighted by Crippen LogP contribution is -1.80. The van der Waals surface area contributed by atoms with Crippen molar-refractivity contribution in [2.24, 2.45) is 0 Å². The van der Waals surface area contributed by atoms with Gasteiger partial charge >= 0.3 is 0 Å². The number of nitrogens with zero attached hydrogens (tertiary/aromatic N) is 1. The summed E-state index contributed by atoms with van der Waals surface area (Å²) < 4.78 is 5.87. The van der Waals surface area contributed by atoms with Crippen LogP contribution in [0, 0.1) is 0 Å². The number of hydrogen-bond acceptors (Lipinski definition) is 4. The third-order valence-corrected chi connectivity index (χ3v) is 3.69. The van der Waals surface area contributed by atoms with Gasteiger partial charge in [0, 0.05) is 21.0 Å². The molecule has 0 fully saturated rings. The van der Waals surface area contributed by atoms with Gasteiger partial charge in [0.25, 0.3) is 0 Å². The van der Waals surface area contributed by atoms with Gasteiger partial charge in [-0.3, -0.25) is 0 Å². The molecule has 78 valence electrons. The van der Waals surface area contributed by atoms with E-state index < -0.39 is 0 Å². The summed E-state index contributed by atoms with van der Waals surface area (Å²) in [4.78, 5) is 1.19. The molecule has 1 heterocycles. The Balaban J connectivity index is 2.42. The van der Waals surface area contributed by atoms with E-state index in [1.165, 1.54) is 4.90 Å². The van der Waals surface area contributed by atoms with Crippen molar-refractivity contribution in [2.45, 2.75) is 4.90 Å². The van der Waals surface area contributed by atoms with E-state index in [9.17, 15) is 0 Å². The van der Waals surface area contributed by atoms with Crippen molar-refractivity contribution in [1.29, 1.82) is 0 Å². The molecule has 0 unspecified atom stereocenters. The highest BCUT2D eigenvalue weighted by Crippen LogP contribution is 2.30. The average molecular weight is 285 g/mol. The van der Waals surface area contributed by atoms with Crippen molar-refractivity contribution in [3.63, 3.8) is 0 Å². The summed E-state index contributed by atoms with van der Waals surface area (Å²) in [5.41, 5.74) is 7.20. The first-order valence-corrected chi connectivity index (χ1v) is 6.28. The normalized spacial score (nSPS) is 10.5. The number of nitrogen functional groups attached to an aromatic ring is 1. The van der Waals surface area contributed by atoms with Crippen LogP contribution in [0.5, 0.6) is 0 Å². The minimum atomic E-state index is 0.329. The summed E-state index contributed by atoms with van der Waals surface area (Å²) in [5.74, 6) is 0.329. The average Bonchev–Trinajstić information content (AvgIpc) is 2.65. The second-order valence-electron chi connectivity index (χ2n) is 2.96. The molecule has 0 aliphatic carbocycles. The van der Waals surface area contributed by atoms with Crippen LogP contribution in [0.4, 0.5) is 5.88 Å². The van der Waals surface area contributed by atoms with Crippen molar-refractivity contribution in [3.8, 4) is 11.3 Å². The number of thioether (sulfide) groups is 1. The monoisotopic (exact) mass is 284 g/mol. The number of anilines is 1. The summed E-state index contributed by atoms with van der Waals surface area (Å²) in [7, 11) is 0. The van der Waals surface area contributed by atoms with Crippen molar-refractivity contribution >= 4 is 33.6 Å². The number of rotatable bonds is 2. The van der Waals surface area contributed by atoms with Gasteiger partial charge in [0.15, 0.2) is 0 Å². The lowest BCUT2D eigenvalue weighted by atomic mass is 10.1. The van der Waals surface area contributed by atoms with Crippen LogP contribution in [0.15, 0.2) is 38.2 Å². The second kappa shape index (κ2) is 4.28. The Kier molecular flexibility index (Phi) is 3.02. The zero-order chi connectivity index (χ0) is 10.8. The van der Waals surface area contributed by atoms with E-state index in [-0.39, 0.29) is 0 Å². The van der Waals surface area contributed by atoms with Gasteiger partial charge in [-0.05, 0) is 34.3 Å². The minimum absolute atomic E-state index is 0.329. The van der Waals surface area contributed by atoms with Crippen molar-refractivity contribution < 1.29 is 4.52 Å². The highest BCUT2D eigenvalue weighted by molar-refractivity contribution is 9.10. The van der Waals surface area contributed by atoms with Gasteiger partial charge in [0.1, 0.15) is 5.69 Å². The van der Waals surface area contributed by atoms with E-state index in [4.69, 9.17) is 10.3 Å². The zero-order valence-corrected chi connectivity index (χ0v) is 10.4. The number of benzene rings is 1. The maximum absolute atomic E-state index is 5.47. The molecule has 0 aliphatic rings. The Morgan fingerprint density at radius 2 is 2.20 bits per heavy atom. The Labute approximate surface area is 100 Å². The molecule has 1 aromatic carbocycles. The smallest absolute Gasteiger partial charge is 0.222 e. The number of nitrogens with two attached hydrogens (primary N) is 1. The van der Waals surface area contributed by atoms with Crippen LogP contribution in [0.1, 0.15) is 0 Å². The van der Waals surface area contributed by atoms with Gasteiger partial charge in [-0.2, -0.15) is 0 Å². The van der Waals surface area contributed by atoms with Gasteiger partial charge in [-0.15, -0.1) is 11.8 Å². The van der Waals surface area contributed by atoms with Gasteiger partial charge in [0.05, 0.1) is 0 Å². The zero-order valence-electron chi connectivity index (χ0n) is 8.03. The van der Waals surface area contributed by atoms with Gasteiger partial charge in [0.2, 0.25) is 5.88 Å². The lowest BCUT2D eigenvalue weighted by molar-refractivity contribution is 0.439. The predicted molar refractivity (Wildman–Crippen MR) is 65.8 cm³/mol. The molecule has 5 heteroatoms. The molecule has 2 N–H and O–H groups in total. The summed E-state index contributed by atoms with van der Waals surface area (Å²) in [6.45, 7) is 0. The summed E-state index contributed by atoms with van der Waals surface area (Å²) in [6, 6.07) is 7.74. The number of aromatic nitrogens is 1. The molecular weight excluding hydrogens is 276 g/mol. The SMILES string of the molecule is CSc1ccc(-c2cc(N)on2)cc1Br. The van der Waals surface area contributed by atoms with Crippen LogP contribution in [-0.2, 0) is 0 Å². The molecule has 0 aliphatic heterocycles. The van der Waals surface area contributed by atoms with Crippen LogP contribution < -0.4 is 5.73 Å². The van der Waals surface area contributed by atoms with Gasteiger partial charge < -0.3 is 10.3 Å². The molecule has 0 atom stereocenters. The van der Waals surface area contributed by atoms with Crippen molar-refractivity contribution in [3.05, 3.63) is 28.7 Å².